The van der Waals surface area contributed by atoms with Crippen molar-refractivity contribution in [3.05, 3.63) is 0 Å². The molecule has 3 N–H and O–H groups in total. The van der Waals surface area contributed by atoms with Crippen molar-refractivity contribution in [2.45, 2.75) is 44.9 Å². The van der Waals surface area contributed by atoms with E-state index >= 15 is 0 Å². The maximum Gasteiger partial charge on any atom is 0.222 e. The number of likely N-dealkylation sites (N-methyl/N-ethyl adjacent to an activating group) is 1. The zero-order valence-electron chi connectivity index (χ0n) is 10.6. The lowest BCUT2D eigenvalue weighted by atomic mass is 9.86. The number of nitrogens with two attached hydrogens (primary N) is 1. The number of oxime groups is 1. The van der Waals surface area contributed by atoms with Gasteiger partial charge >= 0.3 is 0 Å². The molecule has 1 amide bonds. The topological polar surface area (TPSA) is 78.9 Å². The number of hydrogen-bond acceptors (Lipinski definition) is 3. The third-order valence-corrected chi connectivity index (χ3v) is 3.44. The zero-order valence-corrected chi connectivity index (χ0v) is 10.6. The number of rotatable bonds is 5. The molecule has 0 spiro atoms. The predicted molar refractivity (Wildman–Crippen MR) is 66.9 cm³/mol. The van der Waals surface area contributed by atoms with Crippen LogP contribution in [0.3, 0.4) is 0 Å². The van der Waals surface area contributed by atoms with Gasteiger partial charge in [0.1, 0.15) is 0 Å². The molecular weight excluding hydrogens is 218 g/mol. The lowest BCUT2D eigenvalue weighted by Gasteiger charge is -2.22. The van der Waals surface area contributed by atoms with Gasteiger partial charge in [0.05, 0.1) is 6.54 Å². The van der Waals surface area contributed by atoms with Gasteiger partial charge in [-0.05, 0) is 12.3 Å². The maximum atomic E-state index is 11.8. The summed E-state index contributed by atoms with van der Waals surface area (Å²) in [5, 5.41) is 11.3. The van der Waals surface area contributed by atoms with E-state index in [0.717, 1.165) is 6.42 Å². The highest BCUT2D eigenvalue weighted by atomic mass is 16.4. The molecule has 0 saturated heterocycles. The van der Waals surface area contributed by atoms with Crippen molar-refractivity contribution in [1.82, 2.24) is 4.90 Å². The fraction of sp³-hybridized carbons (Fsp3) is 0.833. The normalized spacial score (nSPS) is 18.1. The van der Waals surface area contributed by atoms with Gasteiger partial charge in [-0.25, -0.2) is 0 Å². The lowest BCUT2D eigenvalue weighted by Crippen LogP contribution is -2.35. The number of amides is 1. The Morgan fingerprint density at radius 1 is 1.41 bits per heavy atom. The highest BCUT2D eigenvalue weighted by molar-refractivity contribution is 5.86. The van der Waals surface area contributed by atoms with E-state index < -0.39 is 0 Å². The van der Waals surface area contributed by atoms with Gasteiger partial charge in [0.25, 0.3) is 0 Å². The van der Waals surface area contributed by atoms with Crippen molar-refractivity contribution in [3.63, 3.8) is 0 Å². The van der Waals surface area contributed by atoms with Crippen molar-refractivity contribution in [3.8, 4) is 0 Å². The molecule has 17 heavy (non-hydrogen) atoms. The average molecular weight is 241 g/mol. The Kier molecular flexibility index (Phi) is 5.80. The Morgan fingerprint density at radius 2 is 2.06 bits per heavy atom. The number of nitrogens with zero attached hydrogens (tertiary/aromatic N) is 2. The molecular formula is C12H23N3O2. The first-order chi connectivity index (χ1) is 8.13. The second-order valence-electron chi connectivity index (χ2n) is 4.88. The summed E-state index contributed by atoms with van der Waals surface area (Å²) in [6.07, 6.45) is 8.01. The van der Waals surface area contributed by atoms with Crippen LogP contribution >= 0.6 is 0 Å². The summed E-state index contributed by atoms with van der Waals surface area (Å²) in [7, 11) is 1.68. The Morgan fingerprint density at radius 3 is 2.65 bits per heavy atom. The van der Waals surface area contributed by atoms with Crippen LogP contribution in [0.15, 0.2) is 5.16 Å². The summed E-state index contributed by atoms with van der Waals surface area (Å²) in [5.41, 5.74) is 5.36. The number of hydrogen-bond donors (Lipinski definition) is 2. The first kappa shape index (κ1) is 13.8. The molecule has 5 nitrogen and oxygen atoms in total. The van der Waals surface area contributed by atoms with Gasteiger partial charge in [-0.15, -0.1) is 0 Å². The summed E-state index contributed by atoms with van der Waals surface area (Å²) in [5.74, 6) is 0.852. The fourth-order valence-corrected chi connectivity index (χ4v) is 2.36. The molecule has 0 bridgehead atoms. The molecule has 0 aliphatic heterocycles. The smallest absolute Gasteiger partial charge is 0.222 e. The Labute approximate surface area is 103 Å². The first-order valence-corrected chi connectivity index (χ1v) is 6.34. The van der Waals surface area contributed by atoms with Crippen LogP contribution in [0.2, 0.25) is 0 Å². The van der Waals surface area contributed by atoms with E-state index in [1.54, 1.807) is 7.05 Å². The quantitative estimate of drug-likeness (QED) is 0.332. The average Bonchev–Trinajstić information content (AvgIpc) is 2.36. The van der Waals surface area contributed by atoms with Gasteiger partial charge in [0.2, 0.25) is 5.91 Å². The Balaban J connectivity index is 2.23. The lowest BCUT2D eigenvalue weighted by molar-refractivity contribution is -0.129. The zero-order chi connectivity index (χ0) is 12.7. The molecule has 1 aliphatic carbocycles. The summed E-state index contributed by atoms with van der Waals surface area (Å²) >= 11 is 0. The molecule has 0 aromatic heterocycles. The minimum atomic E-state index is 0.0681. The number of carbonyl (C=O) groups is 1. The van der Waals surface area contributed by atoms with Gasteiger partial charge in [0.15, 0.2) is 5.84 Å². The van der Waals surface area contributed by atoms with Crippen molar-refractivity contribution in [2.24, 2.45) is 16.8 Å². The largest absolute Gasteiger partial charge is 0.409 e. The number of carbonyl (C=O) groups excluding carboxylic acids is 1. The van der Waals surface area contributed by atoms with E-state index in [1.165, 1.54) is 37.0 Å². The van der Waals surface area contributed by atoms with Crippen LogP contribution in [0.25, 0.3) is 0 Å². The monoisotopic (exact) mass is 241 g/mol. The van der Waals surface area contributed by atoms with E-state index in [-0.39, 0.29) is 18.3 Å². The van der Waals surface area contributed by atoms with Crippen LogP contribution in [0.5, 0.6) is 0 Å². The Bertz CT molecular complexity index is 273. The van der Waals surface area contributed by atoms with E-state index in [0.29, 0.717) is 12.3 Å². The van der Waals surface area contributed by atoms with Crippen molar-refractivity contribution in [2.75, 3.05) is 13.6 Å². The molecule has 1 aliphatic rings. The van der Waals surface area contributed by atoms with Crippen LogP contribution in [0, 0.1) is 5.92 Å². The van der Waals surface area contributed by atoms with Gasteiger partial charge in [-0.2, -0.15) is 0 Å². The molecule has 0 radical (unpaired) electrons. The van der Waals surface area contributed by atoms with E-state index in [2.05, 4.69) is 5.16 Å². The molecule has 1 rings (SSSR count). The highest BCUT2D eigenvalue weighted by Crippen LogP contribution is 2.27. The van der Waals surface area contributed by atoms with Crippen molar-refractivity contribution >= 4 is 11.7 Å². The fourth-order valence-electron chi connectivity index (χ4n) is 2.36. The van der Waals surface area contributed by atoms with Crippen LogP contribution < -0.4 is 5.73 Å². The minimum Gasteiger partial charge on any atom is -0.409 e. The second-order valence-corrected chi connectivity index (χ2v) is 4.88. The van der Waals surface area contributed by atoms with Crippen LogP contribution in [0.4, 0.5) is 0 Å². The van der Waals surface area contributed by atoms with Gasteiger partial charge in [0, 0.05) is 13.5 Å². The molecule has 0 aromatic carbocycles. The molecule has 0 unspecified atom stereocenters. The summed E-state index contributed by atoms with van der Waals surface area (Å²) in [4.78, 5) is 13.3. The molecule has 1 saturated carbocycles. The maximum absolute atomic E-state index is 11.8. The third kappa shape index (κ3) is 5.06. The number of amidine groups is 1. The molecule has 0 atom stereocenters. The predicted octanol–water partition coefficient (Wildman–Crippen LogP) is 1.55. The van der Waals surface area contributed by atoms with E-state index in [1.807, 2.05) is 0 Å². The van der Waals surface area contributed by atoms with Crippen molar-refractivity contribution < 1.29 is 10.0 Å². The summed E-state index contributed by atoms with van der Waals surface area (Å²) in [6, 6.07) is 0. The molecule has 98 valence electrons. The molecule has 5 heteroatoms. The van der Waals surface area contributed by atoms with Gasteiger partial charge in [-0.1, -0.05) is 37.3 Å². The standard InChI is InChI=1S/C12H23N3O2/c1-15(9-11(13)14-17)12(16)8-7-10-5-3-2-4-6-10/h10,17H,2-9H2,1H3,(H2,13,14). The summed E-state index contributed by atoms with van der Waals surface area (Å²) in [6.45, 7) is 0.194. The van der Waals surface area contributed by atoms with E-state index in [4.69, 9.17) is 10.9 Å². The van der Waals surface area contributed by atoms with Crippen molar-refractivity contribution in [1.29, 1.82) is 0 Å². The van der Waals surface area contributed by atoms with E-state index in [9.17, 15) is 4.79 Å². The SMILES string of the molecule is CN(CC(N)=NO)C(=O)CCC1CCCCC1. The van der Waals surface area contributed by atoms with Crippen LogP contribution in [-0.4, -0.2) is 35.4 Å². The molecule has 1 fully saturated rings. The Hall–Kier alpha value is -1.26. The van der Waals surface area contributed by atoms with Crippen LogP contribution in [-0.2, 0) is 4.79 Å². The molecule has 0 heterocycles. The molecule has 0 aromatic rings. The minimum absolute atomic E-state index is 0.0681. The van der Waals surface area contributed by atoms with Gasteiger partial charge < -0.3 is 15.8 Å². The first-order valence-electron chi connectivity index (χ1n) is 6.34. The van der Waals surface area contributed by atoms with Gasteiger partial charge in [-0.3, -0.25) is 4.79 Å². The third-order valence-electron chi connectivity index (χ3n) is 3.44. The highest BCUT2D eigenvalue weighted by Gasteiger charge is 2.16. The van der Waals surface area contributed by atoms with Crippen LogP contribution in [0.1, 0.15) is 44.9 Å². The second kappa shape index (κ2) is 7.14. The summed E-state index contributed by atoms with van der Waals surface area (Å²) < 4.78 is 0.